The summed E-state index contributed by atoms with van der Waals surface area (Å²) in [5.41, 5.74) is 5.15. The molecule has 2 unspecified atom stereocenters. The first-order valence-corrected chi connectivity index (χ1v) is 7.00. The minimum atomic E-state index is 0.0189. The van der Waals surface area contributed by atoms with E-state index in [1.54, 1.807) is 0 Å². The number of carbonyl (C=O) groups is 1. The van der Waals surface area contributed by atoms with Gasteiger partial charge in [-0.15, -0.1) is 0 Å². The fourth-order valence-corrected chi connectivity index (χ4v) is 2.75. The first-order chi connectivity index (χ1) is 9.11. The van der Waals surface area contributed by atoms with Gasteiger partial charge in [0.05, 0.1) is 5.69 Å². The Bertz CT molecular complexity index is 459. The van der Waals surface area contributed by atoms with Gasteiger partial charge in [0.25, 0.3) is 5.91 Å². The predicted molar refractivity (Wildman–Crippen MR) is 77.9 cm³/mol. The number of benzene rings is 1. The van der Waals surface area contributed by atoms with Crippen molar-refractivity contribution in [2.45, 2.75) is 45.6 Å². The molecule has 104 valence electrons. The molecule has 1 aromatic carbocycles. The number of rotatable bonds is 3. The van der Waals surface area contributed by atoms with Crippen molar-refractivity contribution >= 4 is 11.6 Å². The lowest BCUT2D eigenvalue weighted by molar-refractivity contribution is 0.0910. The smallest absolute Gasteiger partial charge is 0.251 e. The summed E-state index contributed by atoms with van der Waals surface area (Å²) < 4.78 is 0. The van der Waals surface area contributed by atoms with Gasteiger partial charge < -0.3 is 10.7 Å². The highest BCUT2D eigenvalue weighted by Gasteiger charge is 2.23. The average molecular weight is 261 g/mol. The summed E-state index contributed by atoms with van der Waals surface area (Å²) in [4.78, 5) is 12.2. The third-order valence-electron chi connectivity index (χ3n) is 4.07. The lowest BCUT2D eigenvalue weighted by Gasteiger charge is -2.29. The van der Waals surface area contributed by atoms with E-state index >= 15 is 0 Å². The molecule has 2 atom stereocenters. The van der Waals surface area contributed by atoms with E-state index in [1.165, 1.54) is 19.3 Å². The van der Waals surface area contributed by atoms with Crippen LogP contribution in [0.5, 0.6) is 0 Å². The first kappa shape index (κ1) is 13.9. The Morgan fingerprint density at radius 2 is 2.05 bits per heavy atom. The maximum absolute atomic E-state index is 12.2. The fraction of sp³-hybridized carbons (Fsp3) is 0.533. The number of amides is 1. The molecule has 4 N–H and O–H groups in total. The van der Waals surface area contributed by atoms with Crippen LogP contribution in [-0.4, -0.2) is 11.9 Å². The molecule has 0 aromatic heterocycles. The van der Waals surface area contributed by atoms with Gasteiger partial charge in [0.2, 0.25) is 0 Å². The third kappa shape index (κ3) is 3.26. The van der Waals surface area contributed by atoms with Gasteiger partial charge in [-0.25, -0.2) is 0 Å². The summed E-state index contributed by atoms with van der Waals surface area (Å²) in [7, 11) is 0. The summed E-state index contributed by atoms with van der Waals surface area (Å²) >= 11 is 0. The predicted octanol–water partition coefficient (Wildman–Crippen LogP) is 2.59. The normalized spacial score (nSPS) is 22.9. The second-order valence-electron chi connectivity index (χ2n) is 5.52. The summed E-state index contributed by atoms with van der Waals surface area (Å²) in [6.07, 6.45) is 4.79. The zero-order valence-electron chi connectivity index (χ0n) is 11.7. The lowest BCUT2D eigenvalue weighted by atomic mass is 9.86. The summed E-state index contributed by atoms with van der Waals surface area (Å²) in [5.74, 6) is 5.99. The summed E-state index contributed by atoms with van der Waals surface area (Å²) in [6.45, 7) is 4.16. The Labute approximate surface area is 114 Å². The topological polar surface area (TPSA) is 67.2 Å². The molecule has 0 spiro atoms. The van der Waals surface area contributed by atoms with E-state index in [4.69, 9.17) is 5.84 Å². The van der Waals surface area contributed by atoms with Crippen LogP contribution in [0.4, 0.5) is 5.69 Å². The van der Waals surface area contributed by atoms with Gasteiger partial charge in [-0.05, 0) is 49.4 Å². The number of nitrogen functional groups attached to an aromatic ring is 1. The minimum Gasteiger partial charge on any atom is -0.349 e. The lowest BCUT2D eigenvalue weighted by Crippen LogP contribution is -2.41. The van der Waals surface area contributed by atoms with Crippen LogP contribution >= 0.6 is 0 Å². The number of anilines is 1. The number of aryl methyl sites for hydroxylation is 1. The molecule has 4 heteroatoms. The molecule has 1 amide bonds. The Hall–Kier alpha value is -1.55. The molecule has 1 aliphatic carbocycles. The average Bonchev–Trinajstić information content (AvgIpc) is 2.41. The van der Waals surface area contributed by atoms with Crippen molar-refractivity contribution in [2.24, 2.45) is 11.8 Å². The molecule has 19 heavy (non-hydrogen) atoms. The molecule has 1 aromatic rings. The minimum absolute atomic E-state index is 0.0189. The van der Waals surface area contributed by atoms with Crippen molar-refractivity contribution < 1.29 is 4.79 Å². The number of nitrogens with two attached hydrogens (primary N) is 1. The van der Waals surface area contributed by atoms with Gasteiger partial charge in [-0.2, -0.15) is 0 Å². The van der Waals surface area contributed by atoms with Crippen LogP contribution in [0.2, 0.25) is 0 Å². The molecule has 0 saturated heterocycles. The van der Waals surface area contributed by atoms with Gasteiger partial charge in [0, 0.05) is 11.6 Å². The quantitative estimate of drug-likeness (QED) is 0.578. The van der Waals surface area contributed by atoms with E-state index in [1.807, 2.05) is 25.1 Å². The van der Waals surface area contributed by atoms with Crippen molar-refractivity contribution in [3.05, 3.63) is 29.3 Å². The number of hydrogen-bond acceptors (Lipinski definition) is 3. The van der Waals surface area contributed by atoms with E-state index in [0.717, 1.165) is 17.7 Å². The Balaban J connectivity index is 2.05. The van der Waals surface area contributed by atoms with Gasteiger partial charge in [-0.1, -0.05) is 19.8 Å². The highest BCUT2D eigenvalue weighted by Crippen LogP contribution is 2.24. The monoisotopic (exact) mass is 261 g/mol. The molecular weight excluding hydrogens is 238 g/mol. The molecular formula is C15H23N3O. The Morgan fingerprint density at radius 3 is 2.68 bits per heavy atom. The molecule has 4 nitrogen and oxygen atoms in total. The number of carbonyl (C=O) groups excluding carboxylic acids is 1. The largest absolute Gasteiger partial charge is 0.349 e. The molecule has 0 heterocycles. The van der Waals surface area contributed by atoms with Gasteiger partial charge in [-0.3, -0.25) is 10.6 Å². The van der Waals surface area contributed by atoms with Crippen molar-refractivity contribution in [3.63, 3.8) is 0 Å². The molecule has 0 radical (unpaired) electrons. The van der Waals surface area contributed by atoms with Gasteiger partial charge in [0.1, 0.15) is 0 Å². The van der Waals surface area contributed by atoms with E-state index in [2.05, 4.69) is 17.7 Å². The second-order valence-corrected chi connectivity index (χ2v) is 5.52. The van der Waals surface area contributed by atoms with Crippen molar-refractivity contribution in [3.8, 4) is 0 Å². The summed E-state index contributed by atoms with van der Waals surface area (Å²) in [5, 5.41) is 3.16. The maximum Gasteiger partial charge on any atom is 0.251 e. The molecule has 0 aliphatic heterocycles. The van der Waals surface area contributed by atoms with Crippen LogP contribution in [0.25, 0.3) is 0 Å². The van der Waals surface area contributed by atoms with Crippen LogP contribution in [0.1, 0.15) is 48.5 Å². The van der Waals surface area contributed by atoms with Gasteiger partial charge >= 0.3 is 0 Å². The molecule has 1 saturated carbocycles. The number of hydrogen-bond donors (Lipinski definition) is 3. The SMILES string of the molecule is Cc1cc(C(=O)NC2CCCCC2C)ccc1NN. The van der Waals surface area contributed by atoms with E-state index in [-0.39, 0.29) is 5.91 Å². The van der Waals surface area contributed by atoms with Crippen molar-refractivity contribution in [1.29, 1.82) is 0 Å². The van der Waals surface area contributed by atoms with Crippen LogP contribution in [0, 0.1) is 12.8 Å². The van der Waals surface area contributed by atoms with Gasteiger partial charge in [0.15, 0.2) is 0 Å². The Morgan fingerprint density at radius 1 is 1.32 bits per heavy atom. The highest BCUT2D eigenvalue weighted by molar-refractivity contribution is 5.95. The molecule has 1 fully saturated rings. The molecule has 0 bridgehead atoms. The van der Waals surface area contributed by atoms with Crippen LogP contribution in [0.15, 0.2) is 18.2 Å². The zero-order valence-corrected chi connectivity index (χ0v) is 11.7. The maximum atomic E-state index is 12.2. The second kappa shape index (κ2) is 6.06. The van der Waals surface area contributed by atoms with Crippen molar-refractivity contribution in [1.82, 2.24) is 5.32 Å². The van der Waals surface area contributed by atoms with E-state index in [9.17, 15) is 4.79 Å². The standard InChI is InChI=1S/C15H23N3O/c1-10-5-3-4-6-13(10)17-15(19)12-7-8-14(18-16)11(2)9-12/h7-10,13,18H,3-6,16H2,1-2H3,(H,17,19). The molecule has 2 rings (SSSR count). The molecule has 1 aliphatic rings. The van der Waals surface area contributed by atoms with E-state index in [0.29, 0.717) is 17.5 Å². The number of nitrogens with one attached hydrogen (secondary N) is 2. The Kier molecular flexibility index (Phi) is 4.43. The van der Waals surface area contributed by atoms with E-state index < -0.39 is 0 Å². The third-order valence-corrected chi connectivity index (χ3v) is 4.07. The van der Waals surface area contributed by atoms with Crippen molar-refractivity contribution in [2.75, 3.05) is 5.43 Å². The first-order valence-electron chi connectivity index (χ1n) is 7.00. The van der Waals surface area contributed by atoms with Crippen LogP contribution in [-0.2, 0) is 0 Å². The van der Waals surface area contributed by atoms with Crippen LogP contribution in [0.3, 0.4) is 0 Å². The number of hydrazine groups is 1. The highest BCUT2D eigenvalue weighted by atomic mass is 16.1. The van der Waals surface area contributed by atoms with Crippen LogP contribution < -0.4 is 16.6 Å². The fourth-order valence-electron chi connectivity index (χ4n) is 2.75. The zero-order chi connectivity index (χ0) is 13.8. The summed E-state index contributed by atoms with van der Waals surface area (Å²) in [6, 6.07) is 5.84.